The second kappa shape index (κ2) is 9.14. The lowest BCUT2D eigenvalue weighted by Crippen LogP contribution is -2.18. The monoisotopic (exact) mass is 352 g/mol. The molecule has 7 heteroatoms. The quantitative estimate of drug-likeness (QED) is 0.201. The van der Waals surface area contributed by atoms with Crippen molar-refractivity contribution in [2.24, 2.45) is 10.8 Å². The molecule has 0 bridgehead atoms. The maximum Gasteiger partial charge on any atom is 0.328 e. The maximum atomic E-state index is 12.5. The van der Waals surface area contributed by atoms with Crippen molar-refractivity contribution < 1.29 is 14.7 Å². The van der Waals surface area contributed by atoms with Gasteiger partial charge < -0.3 is 15.8 Å². The third-order valence-corrected chi connectivity index (χ3v) is 3.57. The van der Waals surface area contributed by atoms with Gasteiger partial charge in [0.05, 0.1) is 5.69 Å². The summed E-state index contributed by atoms with van der Waals surface area (Å²) >= 11 is 0. The van der Waals surface area contributed by atoms with Crippen LogP contribution in [0.4, 0.5) is 11.4 Å². The van der Waals surface area contributed by atoms with Crippen molar-refractivity contribution in [1.82, 2.24) is 5.43 Å². The number of nitrogens with two attached hydrogens (primary N) is 1. The van der Waals surface area contributed by atoms with E-state index in [-0.39, 0.29) is 5.91 Å². The zero-order valence-electron chi connectivity index (χ0n) is 14.3. The van der Waals surface area contributed by atoms with E-state index in [4.69, 9.17) is 10.9 Å². The van der Waals surface area contributed by atoms with Gasteiger partial charge in [-0.3, -0.25) is 4.79 Å². The third-order valence-electron chi connectivity index (χ3n) is 3.57. The molecule has 1 amide bonds. The Bertz CT molecular complexity index is 860. The minimum absolute atomic E-state index is 0.258. The van der Waals surface area contributed by atoms with Crippen molar-refractivity contribution in [3.8, 4) is 0 Å². The predicted molar refractivity (Wildman–Crippen MR) is 102 cm³/mol. The number of nitrogens with one attached hydrogen (secondary N) is 2. The van der Waals surface area contributed by atoms with Gasteiger partial charge in [-0.05, 0) is 54.0 Å². The van der Waals surface area contributed by atoms with Crippen LogP contribution in [0, 0.1) is 0 Å². The summed E-state index contributed by atoms with van der Waals surface area (Å²) in [5.74, 6) is 3.88. The summed E-state index contributed by atoms with van der Waals surface area (Å²) in [7, 11) is 0. The van der Waals surface area contributed by atoms with Crippen molar-refractivity contribution in [3.05, 3.63) is 65.2 Å². The van der Waals surface area contributed by atoms with Gasteiger partial charge in [-0.25, -0.2) is 15.6 Å². The van der Waals surface area contributed by atoms with E-state index in [1.807, 2.05) is 13.0 Å². The average molecular weight is 352 g/mol. The Hall–Kier alpha value is -3.45. The number of aryl methyl sites for hydroxylation is 1. The van der Waals surface area contributed by atoms with Crippen LogP contribution >= 0.6 is 0 Å². The molecule has 134 valence electrons. The Morgan fingerprint density at radius 3 is 2.73 bits per heavy atom. The molecule has 0 aliphatic heterocycles. The Morgan fingerprint density at radius 2 is 2.04 bits per heavy atom. The van der Waals surface area contributed by atoms with E-state index >= 15 is 0 Å². The van der Waals surface area contributed by atoms with E-state index in [2.05, 4.69) is 15.7 Å². The van der Waals surface area contributed by atoms with Crippen LogP contribution in [0.1, 0.15) is 28.4 Å². The molecule has 0 heterocycles. The van der Waals surface area contributed by atoms with Crippen LogP contribution < -0.4 is 16.6 Å². The van der Waals surface area contributed by atoms with Gasteiger partial charge in [-0.2, -0.15) is 0 Å². The number of hydrazine groups is 1. The van der Waals surface area contributed by atoms with Gasteiger partial charge in [0, 0.05) is 17.3 Å². The van der Waals surface area contributed by atoms with Crippen LogP contribution in [0.3, 0.4) is 0 Å². The molecule has 0 fully saturated rings. The largest absolute Gasteiger partial charge is 0.478 e. The number of rotatable bonds is 7. The van der Waals surface area contributed by atoms with Crippen molar-refractivity contribution in [2.45, 2.75) is 13.3 Å². The van der Waals surface area contributed by atoms with E-state index < -0.39 is 5.97 Å². The second-order valence-electron chi connectivity index (χ2n) is 5.37. The Labute approximate surface area is 151 Å². The highest BCUT2D eigenvalue weighted by atomic mass is 16.4. The molecular formula is C19H20N4O3. The zero-order chi connectivity index (χ0) is 18.9. The van der Waals surface area contributed by atoms with Gasteiger partial charge in [0.2, 0.25) is 0 Å². The van der Waals surface area contributed by atoms with Crippen LogP contribution in [0.2, 0.25) is 0 Å². The van der Waals surface area contributed by atoms with Crippen LogP contribution in [0.15, 0.2) is 53.5 Å². The average Bonchev–Trinajstić information content (AvgIpc) is 2.65. The molecule has 0 unspecified atom stereocenters. The van der Waals surface area contributed by atoms with Crippen LogP contribution in [0.5, 0.6) is 0 Å². The topological polar surface area (TPSA) is 117 Å². The Morgan fingerprint density at radius 1 is 1.23 bits per heavy atom. The summed E-state index contributed by atoms with van der Waals surface area (Å²) in [5.41, 5.74) is 5.72. The minimum Gasteiger partial charge on any atom is -0.478 e. The van der Waals surface area contributed by atoms with Crippen LogP contribution in [-0.4, -0.2) is 23.3 Å². The molecule has 0 spiro atoms. The summed E-state index contributed by atoms with van der Waals surface area (Å²) in [6, 6.07) is 12.2. The standard InChI is InChI=1S/C19H20N4O3/c1-2-14-10-13(7-9-18(24)25)6-8-17(14)23-19(26)15-4-3-5-16(11-15)21-12-22-20/h3-12H,2,20H2,1H3,(H,21,22)(H,23,26)(H,24,25). The summed E-state index contributed by atoms with van der Waals surface area (Å²) in [4.78, 5) is 27.2. The molecule has 0 aliphatic carbocycles. The number of carbonyl (C=O) groups is 2. The van der Waals surface area contributed by atoms with Gasteiger partial charge in [0.1, 0.15) is 6.34 Å². The smallest absolute Gasteiger partial charge is 0.328 e. The summed E-state index contributed by atoms with van der Waals surface area (Å²) in [6.45, 7) is 1.96. The lowest BCUT2D eigenvalue weighted by Gasteiger charge is -2.11. The lowest BCUT2D eigenvalue weighted by molar-refractivity contribution is -0.131. The predicted octanol–water partition coefficient (Wildman–Crippen LogP) is 2.72. The Balaban J connectivity index is 2.20. The fourth-order valence-electron chi connectivity index (χ4n) is 2.33. The van der Waals surface area contributed by atoms with Gasteiger partial charge in [-0.15, -0.1) is 0 Å². The van der Waals surface area contributed by atoms with Crippen molar-refractivity contribution in [1.29, 1.82) is 0 Å². The first-order valence-corrected chi connectivity index (χ1v) is 7.97. The molecule has 0 radical (unpaired) electrons. The highest BCUT2D eigenvalue weighted by molar-refractivity contribution is 6.05. The number of benzene rings is 2. The fraction of sp³-hybridized carbons (Fsp3) is 0.105. The summed E-state index contributed by atoms with van der Waals surface area (Å²) in [5, 5.41) is 11.6. The molecule has 2 aromatic rings. The van der Waals surface area contributed by atoms with Gasteiger partial charge in [0.15, 0.2) is 0 Å². The molecule has 26 heavy (non-hydrogen) atoms. The minimum atomic E-state index is -1.01. The Kier molecular flexibility index (Phi) is 6.64. The van der Waals surface area contributed by atoms with Gasteiger partial charge in [0.25, 0.3) is 5.91 Å². The summed E-state index contributed by atoms with van der Waals surface area (Å²) < 4.78 is 0. The highest BCUT2D eigenvalue weighted by Gasteiger charge is 2.09. The van der Waals surface area contributed by atoms with E-state index in [1.54, 1.807) is 36.4 Å². The molecule has 0 saturated heterocycles. The van der Waals surface area contributed by atoms with Crippen molar-refractivity contribution in [3.63, 3.8) is 0 Å². The first-order chi connectivity index (χ1) is 12.5. The molecular weight excluding hydrogens is 332 g/mol. The fourth-order valence-corrected chi connectivity index (χ4v) is 2.33. The molecule has 0 saturated carbocycles. The van der Waals surface area contributed by atoms with E-state index in [9.17, 15) is 9.59 Å². The second-order valence-corrected chi connectivity index (χ2v) is 5.37. The number of amides is 1. The number of hydrogen-bond acceptors (Lipinski definition) is 4. The SMILES string of the molecule is CCc1cc(C=CC(=O)O)ccc1NC(=O)c1cccc(N=CNN)c1. The number of carboxylic acid groups (broad SMARTS) is 1. The molecule has 2 rings (SSSR count). The number of carbonyl (C=O) groups excluding carboxylic acids is 1. The first-order valence-electron chi connectivity index (χ1n) is 7.97. The molecule has 2 aromatic carbocycles. The number of hydrogen-bond donors (Lipinski definition) is 4. The number of carboxylic acids is 1. The van der Waals surface area contributed by atoms with E-state index in [1.165, 1.54) is 12.4 Å². The molecule has 0 aliphatic rings. The number of aliphatic imine (C=N–C) groups is 1. The van der Waals surface area contributed by atoms with Gasteiger partial charge >= 0.3 is 5.97 Å². The molecule has 5 N–H and O–H groups in total. The van der Waals surface area contributed by atoms with Crippen molar-refractivity contribution >= 4 is 35.7 Å². The van der Waals surface area contributed by atoms with Gasteiger partial charge in [-0.1, -0.05) is 19.1 Å². The van der Waals surface area contributed by atoms with E-state index in [0.717, 1.165) is 17.2 Å². The zero-order valence-corrected chi connectivity index (χ0v) is 14.3. The lowest BCUT2D eigenvalue weighted by atomic mass is 10.1. The first kappa shape index (κ1) is 18.9. The maximum absolute atomic E-state index is 12.5. The summed E-state index contributed by atoms with van der Waals surface area (Å²) in [6.07, 6.45) is 4.61. The van der Waals surface area contributed by atoms with Crippen molar-refractivity contribution in [2.75, 3.05) is 5.32 Å². The van der Waals surface area contributed by atoms with E-state index in [0.29, 0.717) is 23.4 Å². The molecule has 7 nitrogen and oxygen atoms in total. The molecule has 0 aromatic heterocycles. The number of nitrogens with zero attached hydrogens (tertiary/aromatic N) is 1. The highest BCUT2D eigenvalue weighted by Crippen LogP contribution is 2.21. The van der Waals surface area contributed by atoms with Crippen LogP contribution in [-0.2, 0) is 11.2 Å². The number of anilines is 1. The van der Waals surface area contributed by atoms with Crippen LogP contribution in [0.25, 0.3) is 6.08 Å². The third kappa shape index (κ3) is 5.29. The number of aliphatic carboxylic acids is 1. The molecule has 0 atom stereocenters. The normalized spacial score (nSPS) is 11.0.